The van der Waals surface area contributed by atoms with E-state index in [4.69, 9.17) is 0 Å². The third kappa shape index (κ3) is 3.59. The first-order valence-corrected chi connectivity index (χ1v) is 10.6. The molecule has 0 saturated carbocycles. The minimum Gasteiger partial charge on any atom is -0.289 e. The molecule has 1 atom stereocenters. The van der Waals surface area contributed by atoms with E-state index in [1.807, 2.05) is 18.4 Å². The van der Waals surface area contributed by atoms with E-state index < -0.39 is 0 Å². The Hall–Kier alpha value is -2.32. The maximum atomic E-state index is 12.9. The van der Waals surface area contributed by atoms with Crippen molar-refractivity contribution in [2.45, 2.75) is 39.7 Å². The van der Waals surface area contributed by atoms with Gasteiger partial charge in [0.1, 0.15) is 11.4 Å². The molecule has 1 aliphatic rings. The summed E-state index contributed by atoms with van der Waals surface area (Å²) < 4.78 is 1.37. The highest BCUT2D eigenvalue weighted by atomic mass is 32.1. The van der Waals surface area contributed by atoms with Gasteiger partial charge in [-0.1, -0.05) is 6.92 Å². The van der Waals surface area contributed by atoms with Gasteiger partial charge in [0.05, 0.1) is 17.9 Å². The van der Waals surface area contributed by atoms with Crippen molar-refractivity contribution in [3.05, 3.63) is 49.0 Å². The van der Waals surface area contributed by atoms with Crippen molar-refractivity contribution >= 4 is 45.0 Å². The molecule has 6 nitrogen and oxygen atoms in total. The molecule has 1 aliphatic carbocycles. The molecule has 4 rings (SSSR count). The number of hydrogen-bond acceptors (Lipinski definition) is 6. The van der Waals surface area contributed by atoms with E-state index in [1.165, 1.54) is 15.8 Å². The van der Waals surface area contributed by atoms with Crippen LogP contribution < -0.4 is 11.0 Å². The van der Waals surface area contributed by atoms with Gasteiger partial charge in [-0.15, -0.1) is 22.7 Å². The molecule has 0 radical (unpaired) electrons. The predicted octanol–water partition coefficient (Wildman–Crippen LogP) is 3.10. The van der Waals surface area contributed by atoms with E-state index in [9.17, 15) is 9.59 Å². The number of carbonyl (C=O) groups excluding carboxylic acids is 1. The number of rotatable bonds is 4. The number of thiophene rings is 2. The molecule has 0 unspecified atom stereocenters. The van der Waals surface area contributed by atoms with Gasteiger partial charge >= 0.3 is 0 Å². The first kappa shape index (κ1) is 18.1. The molecular formula is C19H20N4O2S2. The summed E-state index contributed by atoms with van der Waals surface area (Å²) in [4.78, 5) is 32.5. The van der Waals surface area contributed by atoms with Crippen molar-refractivity contribution in [1.82, 2.24) is 15.0 Å². The van der Waals surface area contributed by atoms with Crippen LogP contribution in [0.1, 0.15) is 34.2 Å². The van der Waals surface area contributed by atoms with Crippen LogP contribution in [0.3, 0.4) is 0 Å². The molecule has 3 aromatic rings. The largest absolute Gasteiger partial charge is 0.289 e. The second kappa shape index (κ2) is 7.36. The second-order valence-corrected chi connectivity index (χ2v) is 9.00. The van der Waals surface area contributed by atoms with Crippen LogP contribution in [0.15, 0.2) is 27.7 Å². The number of hydrogen-bond donors (Lipinski definition) is 1. The average Bonchev–Trinajstić information content (AvgIpc) is 3.20. The van der Waals surface area contributed by atoms with E-state index in [1.54, 1.807) is 28.9 Å². The average molecular weight is 401 g/mol. The fraction of sp³-hybridized carbons (Fsp3) is 0.368. The number of hydrazone groups is 1. The van der Waals surface area contributed by atoms with Gasteiger partial charge < -0.3 is 0 Å². The first-order valence-electron chi connectivity index (χ1n) is 8.88. The van der Waals surface area contributed by atoms with Crippen LogP contribution in [0.5, 0.6) is 0 Å². The third-order valence-electron chi connectivity index (χ3n) is 4.87. The van der Waals surface area contributed by atoms with Crippen LogP contribution in [0.2, 0.25) is 0 Å². The van der Waals surface area contributed by atoms with E-state index >= 15 is 0 Å². The molecule has 0 spiro atoms. The van der Waals surface area contributed by atoms with Gasteiger partial charge in [-0.2, -0.15) is 5.10 Å². The highest BCUT2D eigenvalue weighted by Gasteiger charge is 2.23. The van der Waals surface area contributed by atoms with E-state index in [0.29, 0.717) is 11.3 Å². The number of carbonyl (C=O) groups is 1. The molecule has 0 bridgehead atoms. The van der Waals surface area contributed by atoms with E-state index in [0.717, 1.165) is 40.1 Å². The van der Waals surface area contributed by atoms with Crippen molar-refractivity contribution in [3.63, 3.8) is 0 Å². The number of nitrogens with zero attached hydrogens (tertiary/aromatic N) is 3. The monoisotopic (exact) mass is 400 g/mol. The zero-order chi connectivity index (χ0) is 19.0. The van der Waals surface area contributed by atoms with Gasteiger partial charge in [0.15, 0.2) is 0 Å². The molecule has 3 heterocycles. The Balaban J connectivity index is 1.53. The maximum Gasteiger partial charge on any atom is 0.262 e. The van der Waals surface area contributed by atoms with Crippen LogP contribution in [0, 0.1) is 12.8 Å². The van der Waals surface area contributed by atoms with Gasteiger partial charge in [0.25, 0.3) is 11.5 Å². The molecule has 0 aromatic carbocycles. The lowest BCUT2D eigenvalue weighted by molar-refractivity contribution is -0.121. The van der Waals surface area contributed by atoms with Gasteiger partial charge in [-0.05, 0) is 54.7 Å². The minimum atomic E-state index is -0.346. The fourth-order valence-corrected chi connectivity index (χ4v) is 5.48. The molecule has 0 aliphatic heterocycles. The molecule has 0 fully saturated rings. The first-order chi connectivity index (χ1) is 13.0. The summed E-state index contributed by atoms with van der Waals surface area (Å²) in [5.74, 6) is 0.296. The summed E-state index contributed by atoms with van der Waals surface area (Å²) in [6.07, 6.45) is 6.09. The van der Waals surface area contributed by atoms with Crippen LogP contribution >= 0.6 is 22.7 Å². The van der Waals surface area contributed by atoms with E-state index in [-0.39, 0.29) is 18.0 Å². The number of aryl methyl sites for hydroxylation is 2. The minimum absolute atomic E-state index is 0.0937. The number of fused-ring (bicyclic) bond motifs is 3. The van der Waals surface area contributed by atoms with Crippen molar-refractivity contribution in [2.24, 2.45) is 11.0 Å². The summed E-state index contributed by atoms with van der Waals surface area (Å²) in [6.45, 7) is 4.13. The molecule has 27 heavy (non-hydrogen) atoms. The van der Waals surface area contributed by atoms with Gasteiger partial charge in [0.2, 0.25) is 0 Å². The fourth-order valence-electron chi connectivity index (χ4n) is 3.35. The standard InChI is InChI=1S/C19H20N4O2S2/c1-11-3-4-13-14(7-11)27-18-17(13)19(25)23(10-20-18)9-16(24)22-21-8-15-12(2)5-6-26-15/h5-6,8,10-11H,3-4,7,9H2,1-2H3,(H,22,24)/b21-8-/t11-/m0/s1. The number of nitrogens with one attached hydrogen (secondary N) is 1. The van der Waals surface area contributed by atoms with Crippen molar-refractivity contribution in [2.75, 3.05) is 0 Å². The summed E-state index contributed by atoms with van der Waals surface area (Å²) in [7, 11) is 0. The van der Waals surface area contributed by atoms with Gasteiger partial charge in [-0.3, -0.25) is 14.2 Å². The lowest BCUT2D eigenvalue weighted by Gasteiger charge is -2.17. The number of amides is 1. The summed E-state index contributed by atoms with van der Waals surface area (Å²) in [5, 5.41) is 6.65. The van der Waals surface area contributed by atoms with E-state index in [2.05, 4.69) is 22.4 Å². The molecule has 1 amide bonds. The SMILES string of the molecule is Cc1ccsc1/C=N\NC(=O)Cn1cnc2sc3c(c2c1=O)CC[C@H](C)C3. The highest BCUT2D eigenvalue weighted by molar-refractivity contribution is 7.18. The predicted molar refractivity (Wildman–Crippen MR) is 110 cm³/mol. The van der Waals surface area contributed by atoms with Gasteiger partial charge in [0, 0.05) is 9.75 Å². The van der Waals surface area contributed by atoms with Crippen molar-refractivity contribution in [3.8, 4) is 0 Å². The van der Waals surface area contributed by atoms with Crippen molar-refractivity contribution < 1.29 is 4.79 Å². The molecule has 140 valence electrons. The number of aromatic nitrogens is 2. The Morgan fingerprint density at radius 2 is 2.37 bits per heavy atom. The zero-order valence-corrected chi connectivity index (χ0v) is 16.8. The third-order valence-corrected chi connectivity index (χ3v) is 6.98. The summed E-state index contributed by atoms with van der Waals surface area (Å²) in [6, 6.07) is 2.00. The summed E-state index contributed by atoms with van der Waals surface area (Å²) in [5.41, 5.74) is 4.59. The maximum absolute atomic E-state index is 12.9. The van der Waals surface area contributed by atoms with Crippen molar-refractivity contribution in [1.29, 1.82) is 0 Å². The molecule has 8 heteroatoms. The van der Waals surface area contributed by atoms with Gasteiger partial charge in [-0.25, -0.2) is 10.4 Å². The highest BCUT2D eigenvalue weighted by Crippen LogP contribution is 2.35. The molecule has 1 N–H and O–H groups in total. The Morgan fingerprint density at radius 3 is 3.15 bits per heavy atom. The van der Waals surface area contributed by atoms with Crippen LogP contribution in [0.25, 0.3) is 10.2 Å². The molecule has 0 saturated heterocycles. The van der Waals surface area contributed by atoms with Crippen LogP contribution in [-0.2, 0) is 24.2 Å². The normalized spacial score (nSPS) is 16.7. The van der Waals surface area contributed by atoms with Crippen LogP contribution in [-0.4, -0.2) is 21.7 Å². The Bertz CT molecular complexity index is 1090. The Kier molecular flexibility index (Phi) is 4.92. The molecular weight excluding hydrogens is 380 g/mol. The second-order valence-electron chi connectivity index (χ2n) is 6.97. The van der Waals surface area contributed by atoms with Crippen LogP contribution in [0.4, 0.5) is 0 Å². The smallest absolute Gasteiger partial charge is 0.262 e. The topological polar surface area (TPSA) is 76.3 Å². The summed E-state index contributed by atoms with van der Waals surface area (Å²) >= 11 is 3.17. The quantitative estimate of drug-likeness (QED) is 0.540. The Morgan fingerprint density at radius 1 is 1.52 bits per heavy atom. The molecule has 3 aromatic heterocycles. The Labute approximate surface area is 164 Å². The lowest BCUT2D eigenvalue weighted by Crippen LogP contribution is -2.30. The lowest BCUT2D eigenvalue weighted by atomic mass is 9.89. The zero-order valence-electron chi connectivity index (χ0n) is 15.2.